The van der Waals surface area contributed by atoms with E-state index >= 15 is 0 Å². The number of ether oxygens (including phenoxy) is 2. The van der Waals surface area contributed by atoms with Gasteiger partial charge < -0.3 is 15.2 Å². The Morgan fingerprint density at radius 1 is 1.15 bits per heavy atom. The molecule has 1 aromatic rings. The van der Waals surface area contributed by atoms with Gasteiger partial charge in [-0.2, -0.15) is 0 Å². The van der Waals surface area contributed by atoms with E-state index in [-0.39, 0.29) is 5.54 Å². The van der Waals surface area contributed by atoms with Gasteiger partial charge in [0.05, 0.1) is 13.2 Å². The van der Waals surface area contributed by atoms with Gasteiger partial charge in [-0.05, 0) is 43.7 Å². The SMILES string of the molecule is COc1cc(Cl)c(C2(N)CCCC2)cc1OC1CCC1. The van der Waals surface area contributed by atoms with Gasteiger partial charge in [-0.25, -0.2) is 0 Å². The van der Waals surface area contributed by atoms with Gasteiger partial charge in [0, 0.05) is 16.6 Å². The van der Waals surface area contributed by atoms with Gasteiger partial charge in [0.25, 0.3) is 0 Å². The molecule has 0 radical (unpaired) electrons. The Kier molecular flexibility index (Phi) is 3.83. The highest BCUT2D eigenvalue weighted by Crippen LogP contribution is 2.44. The zero-order valence-electron chi connectivity index (χ0n) is 12.0. The van der Waals surface area contributed by atoms with E-state index in [9.17, 15) is 0 Å². The van der Waals surface area contributed by atoms with Crippen molar-refractivity contribution in [2.45, 2.75) is 56.6 Å². The lowest BCUT2D eigenvalue weighted by molar-refractivity contribution is 0.116. The molecule has 2 aliphatic rings. The molecule has 0 unspecified atom stereocenters. The maximum Gasteiger partial charge on any atom is 0.162 e. The van der Waals surface area contributed by atoms with Crippen LogP contribution in [0.15, 0.2) is 12.1 Å². The lowest BCUT2D eigenvalue weighted by Crippen LogP contribution is -2.33. The van der Waals surface area contributed by atoms with E-state index in [1.807, 2.05) is 12.1 Å². The zero-order valence-corrected chi connectivity index (χ0v) is 12.7. The molecule has 0 saturated heterocycles. The topological polar surface area (TPSA) is 44.5 Å². The summed E-state index contributed by atoms with van der Waals surface area (Å²) in [5.74, 6) is 1.49. The first-order valence-electron chi connectivity index (χ1n) is 7.46. The minimum Gasteiger partial charge on any atom is -0.493 e. The van der Waals surface area contributed by atoms with E-state index < -0.39 is 0 Å². The number of methoxy groups -OCH3 is 1. The lowest BCUT2D eigenvalue weighted by Gasteiger charge is -2.30. The minimum absolute atomic E-state index is 0.304. The highest BCUT2D eigenvalue weighted by Gasteiger charge is 2.34. The monoisotopic (exact) mass is 295 g/mol. The fourth-order valence-electron chi connectivity index (χ4n) is 3.11. The molecule has 4 heteroatoms. The number of halogens is 1. The van der Waals surface area contributed by atoms with Gasteiger partial charge in [0.1, 0.15) is 0 Å². The average molecular weight is 296 g/mol. The predicted octanol–water partition coefficient (Wildman–Crippen LogP) is 4.01. The van der Waals surface area contributed by atoms with Crippen molar-refractivity contribution in [1.82, 2.24) is 0 Å². The summed E-state index contributed by atoms with van der Waals surface area (Å²) in [5.41, 5.74) is 7.24. The molecule has 0 spiro atoms. The quantitative estimate of drug-likeness (QED) is 0.913. The van der Waals surface area contributed by atoms with Crippen LogP contribution in [-0.2, 0) is 5.54 Å². The third-order valence-corrected chi connectivity index (χ3v) is 4.94. The summed E-state index contributed by atoms with van der Waals surface area (Å²) in [6.45, 7) is 0. The second-order valence-electron chi connectivity index (χ2n) is 6.02. The minimum atomic E-state index is -0.304. The van der Waals surface area contributed by atoms with Crippen LogP contribution in [0.4, 0.5) is 0 Å². The highest BCUT2D eigenvalue weighted by atomic mass is 35.5. The number of hydrogen-bond acceptors (Lipinski definition) is 3. The van der Waals surface area contributed by atoms with Crippen LogP contribution in [0.3, 0.4) is 0 Å². The standard InChI is InChI=1S/C16H22ClNO2/c1-19-14-10-13(17)12(16(18)7-2-3-8-16)9-15(14)20-11-5-4-6-11/h9-11H,2-8,18H2,1H3. The van der Waals surface area contributed by atoms with Crippen molar-refractivity contribution in [3.63, 3.8) is 0 Å². The Morgan fingerprint density at radius 2 is 1.85 bits per heavy atom. The number of benzene rings is 1. The van der Waals surface area contributed by atoms with Crippen LogP contribution in [0.25, 0.3) is 0 Å². The normalized spacial score (nSPS) is 21.6. The van der Waals surface area contributed by atoms with Gasteiger partial charge in [0.15, 0.2) is 11.5 Å². The van der Waals surface area contributed by atoms with Crippen molar-refractivity contribution in [1.29, 1.82) is 0 Å². The molecule has 0 amide bonds. The average Bonchev–Trinajstić information content (AvgIpc) is 2.82. The predicted molar refractivity (Wildman–Crippen MR) is 80.6 cm³/mol. The van der Waals surface area contributed by atoms with Gasteiger partial charge in [-0.3, -0.25) is 0 Å². The fraction of sp³-hybridized carbons (Fsp3) is 0.625. The Morgan fingerprint density at radius 3 is 2.40 bits per heavy atom. The maximum absolute atomic E-state index is 6.54. The summed E-state index contributed by atoms with van der Waals surface area (Å²) in [4.78, 5) is 0. The summed E-state index contributed by atoms with van der Waals surface area (Å²) in [6, 6.07) is 3.85. The first-order valence-corrected chi connectivity index (χ1v) is 7.84. The molecule has 2 aliphatic carbocycles. The van der Waals surface area contributed by atoms with Crippen LogP contribution in [0.5, 0.6) is 11.5 Å². The summed E-state index contributed by atoms with van der Waals surface area (Å²) in [7, 11) is 1.65. The third-order valence-electron chi connectivity index (χ3n) is 4.63. The number of nitrogens with two attached hydrogens (primary N) is 1. The van der Waals surface area contributed by atoms with Crippen molar-refractivity contribution in [2.75, 3.05) is 7.11 Å². The molecule has 2 N–H and O–H groups in total. The van der Waals surface area contributed by atoms with Crippen LogP contribution in [0.1, 0.15) is 50.5 Å². The van der Waals surface area contributed by atoms with E-state index in [1.54, 1.807) is 7.11 Å². The van der Waals surface area contributed by atoms with Gasteiger partial charge >= 0.3 is 0 Å². The smallest absolute Gasteiger partial charge is 0.162 e. The van der Waals surface area contributed by atoms with Crippen LogP contribution >= 0.6 is 11.6 Å². The van der Waals surface area contributed by atoms with Crippen LogP contribution in [0.2, 0.25) is 5.02 Å². The van der Waals surface area contributed by atoms with Gasteiger partial charge in [-0.1, -0.05) is 24.4 Å². The molecule has 20 heavy (non-hydrogen) atoms. The Hall–Kier alpha value is -0.930. The molecule has 2 fully saturated rings. The van der Waals surface area contributed by atoms with E-state index in [0.717, 1.165) is 49.8 Å². The molecule has 110 valence electrons. The Labute approximate surface area is 125 Å². The van der Waals surface area contributed by atoms with E-state index in [0.29, 0.717) is 16.9 Å². The van der Waals surface area contributed by atoms with Gasteiger partial charge in [-0.15, -0.1) is 0 Å². The molecule has 0 bridgehead atoms. The fourth-order valence-corrected chi connectivity index (χ4v) is 3.45. The molecule has 0 aliphatic heterocycles. The molecule has 0 atom stereocenters. The van der Waals surface area contributed by atoms with Crippen molar-refractivity contribution >= 4 is 11.6 Å². The van der Waals surface area contributed by atoms with Gasteiger partial charge in [0.2, 0.25) is 0 Å². The molecule has 2 saturated carbocycles. The Bertz CT molecular complexity index is 493. The summed E-state index contributed by atoms with van der Waals surface area (Å²) in [6.07, 6.45) is 8.10. The van der Waals surface area contributed by atoms with Crippen molar-refractivity contribution < 1.29 is 9.47 Å². The molecular weight excluding hydrogens is 274 g/mol. The van der Waals surface area contributed by atoms with E-state index in [1.165, 1.54) is 6.42 Å². The number of rotatable bonds is 4. The first kappa shape index (κ1) is 14.0. The van der Waals surface area contributed by atoms with E-state index in [2.05, 4.69) is 0 Å². The molecule has 0 aromatic heterocycles. The molecule has 1 aromatic carbocycles. The second kappa shape index (κ2) is 5.45. The molecule has 0 heterocycles. The maximum atomic E-state index is 6.54. The Balaban J connectivity index is 1.95. The van der Waals surface area contributed by atoms with Crippen LogP contribution < -0.4 is 15.2 Å². The number of hydrogen-bond donors (Lipinski definition) is 1. The van der Waals surface area contributed by atoms with Crippen LogP contribution in [-0.4, -0.2) is 13.2 Å². The second-order valence-corrected chi connectivity index (χ2v) is 6.42. The largest absolute Gasteiger partial charge is 0.493 e. The summed E-state index contributed by atoms with van der Waals surface area (Å²) < 4.78 is 11.4. The van der Waals surface area contributed by atoms with Crippen LogP contribution in [0, 0.1) is 0 Å². The highest BCUT2D eigenvalue weighted by molar-refractivity contribution is 6.31. The first-order chi connectivity index (χ1) is 9.62. The summed E-state index contributed by atoms with van der Waals surface area (Å²) >= 11 is 6.42. The lowest BCUT2D eigenvalue weighted by atomic mass is 9.89. The van der Waals surface area contributed by atoms with Crippen molar-refractivity contribution in [3.8, 4) is 11.5 Å². The molecule has 3 rings (SSSR count). The summed E-state index contributed by atoms with van der Waals surface area (Å²) in [5, 5.41) is 0.687. The zero-order chi connectivity index (χ0) is 14.2. The third kappa shape index (κ3) is 2.49. The molecular formula is C16H22ClNO2. The van der Waals surface area contributed by atoms with Crippen molar-refractivity contribution in [3.05, 3.63) is 22.7 Å². The van der Waals surface area contributed by atoms with Crippen molar-refractivity contribution in [2.24, 2.45) is 5.73 Å². The molecule has 3 nitrogen and oxygen atoms in total. The van der Waals surface area contributed by atoms with E-state index in [4.69, 9.17) is 26.8 Å².